The van der Waals surface area contributed by atoms with Crippen LogP contribution in [0.3, 0.4) is 0 Å². The van der Waals surface area contributed by atoms with Gasteiger partial charge in [0.2, 0.25) is 0 Å². The van der Waals surface area contributed by atoms with Gasteiger partial charge in [-0.15, -0.1) is 5.16 Å². The van der Waals surface area contributed by atoms with Crippen molar-refractivity contribution in [2.24, 2.45) is 10.6 Å². The van der Waals surface area contributed by atoms with E-state index in [1.54, 1.807) is 6.21 Å². The highest BCUT2D eigenvalue weighted by atomic mass is 16.4. The van der Waals surface area contributed by atoms with Crippen molar-refractivity contribution in [2.45, 2.75) is 13.8 Å². The molecule has 0 aromatic heterocycles. The van der Waals surface area contributed by atoms with Crippen molar-refractivity contribution >= 4 is 6.21 Å². The molecule has 0 amide bonds. The topological polar surface area (TPSA) is 35.8 Å². The first-order chi connectivity index (χ1) is 4.48. The normalized spacial score (nSPS) is 13.3. The number of oxime groups is 1. The summed E-state index contributed by atoms with van der Waals surface area (Å²) in [5, 5.41) is 11.3. The lowest BCUT2D eigenvalue weighted by molar-refractivity contribution is 0.289. The maximum Gasteiger partial charge on any atom is 0.0504 e. The van der Waals surface area contributed by atoms with Crippen LogP contribution in [-0.4, -0.2) is 37.0 Å². The van der Waals surface area contributed by atoms with Crippen molar-refractivity contribution in [3.63, 3.8) is 0 Å². The lowest BCUT2D eigenvalue weighted by Crippen LogP contribution is -2.29. The predicted octanol–water partition coefficient (Wildman–Crippen LogP) is 1.03. The van der Waals surface area contributed by atoms with Crippen molar-refractivity contribution in [1.29, 1.82) is 0 Å². The molecule has 0 bridgehead atoms. The van der Waals surface area contributed by atoms with Crippen LogP contribution < -0.4 is 0 Å². The molecule has 10 heavy (non-hydrogen) atoms. The van der Waals surface area contributed by atoms with Crippen molar-refractivity contribution in [3.8, 4) is 0 Å². The molecule has 0 unspecified atom stereocenters. The number of nitrogens with zero attached hydrogens (tertiary/aromatic N) is 2. The van der Waals surface area contributed by atoms with Gasteiger partial charge in [0.15, 0.2) is 0 Å². The molecule has 0 saturated heterocycles. The Morgan fingerprint density at radius 1 is 1.50 bits per heavy atom. The fourth-order valence-corrected chi connectivity index (χ4v) is 1.01. The standard InChI is InChI=1S/C7H16N2O/c1-7(2,5-8-10)6-9(3)4/h5,10H,6H2,1-4H3. The van der Waals surface area contributed by atoms with Crippen LogP contribution in [0.5, 0.6) is 0 Å². The summed E-state index contributed by atoms with van der Waals surface area (Å²) >= 11 is 0. The molecule has 3 nitrogen and oxygen atoms in total. The summed E-state index contributed by atoms with van der Waals surface area (Å²) in [4.78, 5) is 2.06. The van der Waals surface area contributed by atoms with Crippen molar-refractivity contribution in [3.05, 3.63) is 0 Å². The first kappa shape index (κ1) is 9.43. The van der Waals surface area contributed by atoms with E-state index >= 15 is 0 Å². The van der Waals surface area contributed by atoms with Crippen LogP contribution >= 0.6 is 0 Å². The highest BCUT2D eigenvalue weighted by molar-refractivity contribution is 5.64. The van der Waals surface area contributed by atoms with Crippen LogP contribution in [0.25, 0.3) is 0 Å². The maximum absolute atomic E-state index is 8.27. The van der Waals surface area contributed by atoms with Gasteiger partial charge in [0.05, 0.1) is 6.21 Å². The Morgan fingerprint density at radius 3 is 2.30 bits per heavy atom. The monoisotopic (exact) mass is 144 g/mol. The molecular weight excluding hydrogens is 128 g/mol. The van der Waals surface area contributed by atoms with E-state index in [0.29, 0.717) is 0 Å². The van der Waals surface area contributed by atoms with Crippen LogP contribution in [0.15, 0.2) is 5.16 Å². The fraction of sp³-hybridized carbons (Fsp3) is 0.857. The minimum Gasteiger partial charge on any atom is -0.411 e. The highest BCUT2D eigenvalue weighted by Gasteiger charge is 2.15. The van der Waals surface area contributed by atoms with Gasteiger partial charge in [-0.2, -0.15) is 0 Å². The van der Waals surface area contributed by atoms with E-state index < -0.39 is 0 Å². The number of hydrogen-bond donors (Lipinski definition) is 1. The van der Waals surface area contributed by atoms with Crippen molar-refractivity contribution in [1.82, 2.24) is 4.90 Å². The molecule has 0 atom stereocenters. The summed E-state index contributed by atoms with van der Waals surface area (Å²) in [6, 6.07) is 0. The van der Waals surface area contributed by atoms with E-state index in [-0.39, 0.29) is 5.41 Å². The summed E-state index contributed by atoms with van der Waals surface area (Å²) in [7, 11) is 3.99. The predicted molar refractivity (Wildman–Crippen MR) is 42.6 cm³/mol. The molecule has 0 aromatic rings. The molecule has 1 N–H and O–H groups in total. The molecule has 0 aliphatic rings. The molecule has 60 valence electrons. The quantitative estimate of drug-likeness (QED) is 0.365. The first-order valence-electron chi connectivity index (χ1n) is 3.31. The van der Waals surface area contributed by atoms with Gasteiger partial charge < -0.3 is 10.1 Å². The lowest BCUT2D eigenvalue weighted by atomic mass is 9.95. The maximum atomic E-state index is 8.27. The summed E-state index contributed by atoms with van der Waals surface area (Å²) < 4.78 is 0. The second-order valence-electron chi connectivity index (χ2n) is 3.47. The van der Waals surface area contributed by atoms with E-state index in [1.165, 1.54) is 0 Å². The van der Waals surface area contributed by atoms with E-state index in [4.69, 9.17) is 5.21 Å². The molecule has 0 radical (unpaired) electrons. The minimum atomic E-state index is -0.0434. The van der Waals surface area contributed by atoms with Crippen molar-refractivity contribution in [2.75, 3.05) is 20.6 Å². The Hall–Kier alpha value is -0.570. The Bertz CT molecular complexity index is 119. The number of rotatable bonds is 3. The van der Waals surface area contributed by atoms with Gasteiger partial charge in [-0.25, -0.2) is 0 Å². The molecule has 0 spiro atoms. The average Bonchev–Trinajstić information content (AvgIpc) is 1.59. The van der Waals surface area contributed by atoms with Crippen LogP contribution in [0.4, 0.5) is 0 Å². The van der Waals surface area contributed by atoms with Crippen molar-refractivity contribution < 1.29 is 5.21 Å². The molecule has 0 saturated carbocycles. The first-order valence-corrected chi connectivity index (χ1v) is 3.31. The van der Waals surface area contributed by atoms with Gasteiger partial charge in [-0.1, -0.05) is 13.8 Å². The van der Waals surface area contributed by atoms with Crippen LogP contribution in [0.1, 0.15) is 13.8 Å². The minimum absolute atomic E-state index is 0.0434. The lowest BCUT2D eigenvalue weighted by Gasteiger charge is -2.22. The van der Waals surface area contributed by atoms with Gasteiger partial charge in [0, 0.05) is 12.0 Å². The summed E-state index contributed by atoms with van der Waals surface area (Å²) in [6.07, 6.45) is 1.55. The van der Waals surface area contributed by atoms with Gasteiger partial charge >= 0.3 is 0 Å². The average molecular weight is 144 g/mol. The molecule has 0 aromatic carbocycles. The zero-order chi connectivity index (χ0) is 8.20. The third kappa shape index (κ3) is 4.32. The Labute approximate surface area is 62.3 Å². The van der Waals surface area contributed by atoms with Gasteiger partial charge in [0.25, 0.3) is 0 Å². The Kier molecular flexibility index (Phi) is 3.36. The Morgan fingerprint density at radius 2 is 2.00 bits per heavy atom. The molecule has 3 heteroatoms. The van der Waals surface area contributed by atoms with Gasteiger partial charge in [-0.05, 0) is 14.1 Å². The second kappa shape index (κ2) is 3.56. The summed E-state index contributed by atoms with van der Waals surface area (Å²) in [5.74, 6) is 0. The zero-order valence-electron chi connectivity index (χ0n) is 7.13. The number of hydrogen-bond acceptors (Lipinski definition) is 3. The van der Waals surface area contributed by atoms with E-state index in [9.17, 15) is 0 Å². The third-order valence-electron chi connectivity index (χ3n) is 1.13. The molecular formula is C7H16N2O. The zero-order valence-corrected chi connectivity index (χ0v) is 7.13. The van der Waals surface area contributed by atoms with Crippen LogP contribution in [-0.2, 0) is 0 Å². The van der Waals surface area contributed by atoms with E-state index in [0.717, 1.165) is 6.54 Å². The molecule has 0 rings (SSSR count). The highest BCUT2D eigenvalue weighted by Crippen LogP contribution is 2.11. The molecule has 0 aliphatic carbocycles. The Balaban J connectivity index is 3.86. The molecule has 0 aliphatic heterocycles. The molecule has 0 fully saturated rings. The SMILES string of the molecule is CN(C)CC(C)(C)C=NO. The largest absolute Gasteiger partial charge is 0.411 e. The van der Waals surface area contributed by atoms with Crippen LogP contribution in [0.2, 0.25) is 0 Å². The second-order valence-corrected chi connectivity index (χ2v) is 3.47. The van der Waals surface area contributed by atoms with E-state index in [2.05, 4.69) is 10.1 Å². The summed E-state index contributed by atoms with van der Waals surface area (Å²) in [5.41, 5.74) is -0.0434. The van der Waals surface area contributed by atoms with E-state index in [1.807, 2.05) is 27.9 Å². The van der Waals surface area contributed by atoms with Gasteiger partial charge in [-0.3, -0.25) is 0 Å². The third-order valence-corrected chi connectivity index (χ3v) is 1.13. The summed E-state index contributed by atoms with van der Waals surface area (Å²) in [6.45, 7) is 4.93. The fourth-order valence-electron chi connectivity index (χ4n) is 1.01. The van der Waals surface area contributed by atoms with Crippen LogP contribution in [0, 0.1) is 5.41 Å². The molecule has 0 heterocycles. The smallest absolute Gasteiger partial charge is 0.0504 e. The van der Waals surface area contributed by atoms with Gasteiger partial charge in [0.1, 0.15) is 0 Å².